The van der Waals surface area contributed by atoms with E-state index in [1.807, 2.05) is 0 Å². The van der Waals surface area contributed by atoms with E-state index in [9.17, 15) is 12.8 Å². The predicted molar refractivity (Wildman–Crippen MR) is 71.1 cm³/mol. The first-order valence-electron chi connectivity index (χ1n) is 5.43. The minimum atomic E-state index is -3.58. The number of halogens is 2. The van der Waals surface area contributed by atoms with Crippen LogP contribution in [-0.2, 0) is 10.2 Å². The van der Waals surface area contributed by atoms with Gasteiger partial charge in [-0.25, -0.2) is 4.39 Å². The quantitative estimate of drug-likeness (QED) is 0.869. The van der Waals surface area contributed by atoms with Crippen molar-refractivity contribution >= 4 is 31.8 Å². The van der Waals surface area contributed by atoms with E-state index < -0.39 is 16.0 Å². The van der Waals surface area contributed by atoms with Crippen LogP contribution in [0.3, 0.4) is 0 Å². The molecule has 18 heavy (non-hydrogen) atoms. The monoisotopic (exact) mass is 337 g/mol. The van der Waals surface area contributed by atoms with E-state index in [2.05, 4.69) is 26.0 Å². The highest BCUT2D eigenvalue weighted by Crippen LogP contribution is 2.24. The van der Waals surface area contributed by atoms with Crippen molar-refractivity contribution < 1.29 is 12.8 Å². The summed E-state index contributed by atoms with van der Waals surface area (Å²) in [6.07, 6.45) is 0. The second-order valence-corrected chi connectivity index (χ2v) is 6.41. The first kappa shape index (κ1) is 13.7. The van der Waals surface area contributed by atoms with Gasteiger partial charge < -0.3 is 5.32 Å². The van der Waals surface area contributed by atoms with Gasteiger partial charge in [-0.15, -0.1) is 0 Å². The van der Waals surface area contributed by atoms with Crippen molar-refractivity contribution in [3.05, 3.63) is 28.5 Å². The van der Waals surface area contributed by atoms with E-state index in [1.54, 1.807) is 0 Å². The molecule has 0 atom stereocenters. The summed E-state index contributed by atoms with van der Waals surface area (Å²) in [6, 6.07) is 3.81. The van der Waals surface area contributed by atoms with Crippen LogP contribution in [0.4, 0.5) is 10.1 Å². The average Bonchev–Trinajstić information content (AvgIpc) is 2.34. The van der Waals surface area contributed by atoms with Crippen LogP contribution in [0.1, 0.15) is 0 Å². The van der Waals surface area contributed by atoms with Gasteiger partial charge in [0.2, 0.25) is 0 Å². The summed E-state index contributed by atoms with van der Waals surface area (Å²) in [5, 5.41) is 3.08. The maximum Gasteiger partial charge on any atom is 0.301 e. The molecule has 0 radical (unpaired) electrons. The normalized spacial score (nSPS) is 17.7. The number of anilines is 1. The van der Waals surface area contributed by atoms with Crippen LogP contribution in [0.2, 0.25) is 0 Å². The lowest BCUT2D eigenvalue weighted by Gasteiger charge is -2.27. The summed E-state index contributed by atoms with van der Waals surface area (Å²) >= 11 is 3.13. The molecule has 1 saturated heterocycles. The molecule has 5 nitrogen and oxygen atoms in total. The molecule has 1 fully saturated rings. The largest absolute Gasteiger partial charge is 0.314 e. The highest BCUT2D eigenvalue weighted by atomic mass is 79.9. The number of rotatable bonds is 3. The smallest absolute Gasteiger partial charge is 0.301 e. The molecule has 1 aliphatic rings. The number of nitrogens with one attached hydrogen (secondary N) is 2. The van der Waals surface area contributed by atoms with Crippen LogP contribution in [-0.4, -0.2) is 38.9 Å². The van der Waals surface area contributed by atoms with Crippen LogP contribution in [0.5, 0.6) is 0 Å². The molecule has 1 aromatic rings. The average molecular weight is 338 g/mol. The number of hydrogen-bond donors (Lipinski definition) is 2. The predicted octanol–water partition coefficient (Wildman–Crippen LogP) is 1.15. The van der Waals surface area contributed by atoms with Crippen LogP contribution >= 0.6 is 15.9 Å². The van der Waals surface area contributed by atoms with E-state index in [0.29, 0.717) is 36.3 Å². The van der Waals surface area contributed by atoms with E-state index >= 15 is 0 Å². The molecule has 0 bridgehead atoms. The van der Waals surface area contributed by atoms with E-state index in [-0.39, 0.29) is 0 Å². The van der Waals surface area contributed by atoms with E-state index in [0.717, 1.165) is 0 Å². The number of hydrogen-bond acceptors (Lipinski definition) is 3. The SMILES string of the molecule is O=S(=O)(Nc1ccc(F)cc1Br)N1CCNCC1. The van der Waals surface area contributed by atoms with Crippen LogP contribution in [0.25, 0.3) is 0 Å². The standard InChI is InChI=1S/C10H13BrFN3O2S/c11-9-7-8(12)1-2-10(9)14-18(16,17)15-5-3-13-4-6-15/h1-2,7,13-14H,3-6H2. The highest BCUT2D eigenvalue weighted by molar-refractivity contribution is 9.10. The molecular formula is C10H13BrFN3O2S. The number of benzene rings is 1. The zero-order chi connectivity index (χ0) is 13.2. The lowest BCUT2D eigenvalue weighted by atomic mass is 10.3. The van der Waals surface area contributed by atoms with Gasteiger partial charge in [0.15, 0.2) is 0 Å². The summed E-state index contributed by atoms with van der Waals surface area (Å²) in [5.41, 5.74) is 0.329. The van der Waals surface area contributed by atoms with Gasteiger partial charge in [-0.3, -0.25) is 4.72 Å². The van der Waals surface area contributed by atoms with Crippen LogP contribution in [0.15, 0.2) is 22.7 Å². The molecule has 1 aromatic carbocycles. The molecule has 1 heterocycles. The molecule has 0 spiro atoms. The topological polar surface area (TPSA) is 61.4 Å². The molecule has 2 N–H and O–H groups in total. The van der Waals surface area contributed by atoms with E-state index in [4.69, 9.17) is 0 Å². The molecular weight excluding hydrogens is 325 g/mol. The fourth-order valence-corrected chi connectivity index (χ4v) is 3.49. The summed E-state index contributed by atoms with van der Waals surface area (Å²) in [6.45, 7) is 2.11. The first-order valence-corrected chi connectivity index (χ1v) is 7.66. The Morgan fingerprint density at radius 2 is 2.00 bits per heavy atom. The van der Waals surface area contributed by atoms with Crippen molar-refractivity contribution in [2.24, 2.45) is 0 Å². The zero-order valence-electron chi connectivity index (χ0n) is 9.49. The molecule has 2 rings (SSSR count). The Kier molecular flexibility index (Phi) is 4.21. The maximum absolute atomic E-state index is 12.9. The van der Waals surface area contributed by atoms with Crippen molar-refractivity contribution in [2.45, 2.75) is 0 Å². The van der Waals surface area contributed by atoms with Gasteiger partial charge >= 0.3 is 10.2 Å². The third-order valence-corrected chi connectivity index (χ3v) is 4.76. The van der Waals surface area contributed by atoms with Gasteiger partial charge in [0.1, 0.15) is 5.82 Å². The van der Waals surface area contributed by atoms with Crippen LogP contribution < -0.4 is 10.0 Å². The molecule has 8 heteroatoms. The van der Waals surface area contributed by atoms with Crippen molar-refractivity contribution in [1.29, 1.82) is 0 Å². The van der Waals surface area contributed by atoms with Crippen LogP contribution in [0, 0.1) is 5.82 Å². The summed E-state index contributed by atoms with van der Waals surface area (Å²) in [7, 11) is -3.58. The van der Waals surface area contributed by atoms with Gasteiger partial charge in [0, 0.05) is 30.7 Å². The minimum absolute atomic E-state index is 0.329. The summed E-state index contributed by atoms with van der Waals surface area (Å²) in [5.74, 6) is -0.424. The first-order chi connectivity index (χ1) is 8.49. The van der Waals surface area contributed by atoms with Crippen molar-refractivity contribution in [3.63, 3.8) is 0 Å². The van der Waals surface area contributed by atoms with E-state index in [1.165, 1.54) is 22.5 Å². The molecule has 0 aromatic heterocycles. The van der Waals surface area contributed by atoms with Crippen molar-refractivity contribution in [3.8, 4) is 0 Å². The molecule has 0 amide bonds. The van der Waals surface area contributed by atoms with Crippen molar-refractivity contribution in [2.75, 3.05) is 30.9 Å². The summed E-state index contributed by atoms with van der Waals surface area (Å²) in [4.78, 5) is 0. The minimum Gasteiger partial charge on any atom is -0.314 e. The third-order valence-electron chi connectivity index (χ3n) is 2.59. The van der Waals surface area contributed by atoms with Gasteiger partial charge in [-0.05, 0) is 34.1 Å². The lowest BCUT2D eigenvalue weighted by molar-refractivity contribution is 0.362. The molecule has 100 valence electrons. The zero-order valence-corrected chi connectivity index (χ0v) is 11.9. The van der Waals surface area contributed by atoms with Crippen molar-refractivity contribution in [1.82, 2.24) is 9.62 Å². The number of nitrogens with zero attached hydrogens (tertiary/aromatic N) is 1. The van der Waals surface area contributed by atoms with Gasteiger partial charge in [-0.1, -0.05) is 0 Å². The maximum atomic E-state index is 12.9. The molecule has 0 saturated carbocycles. The Morgan fingerprint density at radius 1 is 1.33 bits per heavy atom. The molecule has 0 aliphatic carbocycles. The number of piperazine rings is 1. The lowest BCUT2D eigenvalue weighted by Crippen LogP contribution is -2.48. The third kappa shape index (κ3) is 3.19. The fourth-order valence-electron chi connectivity index (χ4n) is 1.66. The van der Waals surface area contributed by atoms with Gasteiger partial charge in [0.05, 0.1) is 5.69 Å². The summed E-state index contributed by atoms with van der Waals surface area (Å²) < 4.78 is 41.2. The Morgan fingerprint density at radius 3 is 2.61 bits per heavy atom. The second-order valence-electron chi connectivity index (χ2n) is 3.88. The Balaban J connectivity index is 2.16. The fraction of sp³-hybridized carbons (Fsp3) is 0.400. The Bertz CT molecular complexity index is 532. The second kappa shape index (κ2) is 5.52. The Labute approximate surface area is 114 Å². The van der Waals surface area contributed by atoms with Gasteiger partial charge in [0.25, 0.3) is 0 Å². The Hall–Kier alpha value is -0.700. The van der Waals surface area contributed by atoms with Gasteiger partial charge in [-0.2, -0.15) is 12.7 Å². The molecule has 0 unspecified atom stereocenters. The molecule has 1 aliphatic heterocycles. The highest BCUT2D eigenvalue weighted by Gasteiger charge is 2.24.